The fraction of sp³-hybridized carbons (Fsp3) is 0.250. The normalized spacial score (nSPS) is 10.6. The molecular weight excluding hydrogens is 254 g/mol. The molecule has 20 heavy (non-hydrogen) atoms. The number of carboxylic acids is 1. The molecule has 4 heteroatoms. The molecule has 2 rings (SSSR count). The van der Waals surface area contributed by atoms with Crippen molar-refractivity contribution in [3.63, 3.8) is 0 Å². The number of benzene rings is 1. The summed E-state index contributed by atoms with van der Waals surface area (Å²) in [6.45, 7) is 4.24. The van der Waals surface area contributed by atoms with Crippen molar-refractivity contribution in [1.29, 1.82) is 0 Å². The molecule has 0 atom stereocenters. The summed E-state index contributed by atoms with van der Waals surface area (Å²) in [4.78, 5) is 15.1. The number of hydrogen-bond acceptors (Lipinski definition) is 3. The smallest absolute Gasteiger partial charge is 0.337 e. The number of nitrogens with zero attached hydrogens (tertiary/aromatic N) is 1. The van der Waals surface area contributed by atoms with E-state index in [1.807, 2.05) is 18.2 Å². The van der Waals surface area contributed by atoms with Gasteiger partial charge in [-0.05, 0) is 35.7 Å². The number of aromatic nitrogens is 1. The SMILES string of the molecule is COc1ccc(C(C)C)cc1-c1ccc(C(=O)O)cn1. The number of hydrogen-bond donors (Lipinski definition) is 1. The second-order valence-electron chi connectivity index (χ2n) is 4.85. The second-order valence-corrected chi connectivity index (χ2v) is 4.85. The lowest BCUT2D eigenvalue weighted by Crippen LogP contribution is -1.98. The number of carbonyl (C=O) groups is 1. The minimum atomic E-state index is -0.980. The minimum absolute atomic E-state index is 0.174. The van der Waals surface area contributed by atoms with E-state index < -0.39 is 5.97 Å². The lowest BCUT2D eigenvalue weighted by molar-refractivity contribution is 0.0696. The molecule has 0 aliphatic rings. The lowest BCUT2D eigenvalue weighted by atomic mass is 9.98. The van der Waals surface area contributed by atoms with Crippen molar-refractivity contribution < 1.29 is 14.6 Å². The van der Waals surface area contributed by atoms with Crippen molar-refractivity contribution in [2.75, 3.05) is 7.11 Å². The zero-order chi connectivity index (χ0) is 14.7. The third-order valence-electron chi connectivity index (χ3n) is 3.18. The monoisotopic (exact) mass is 271 g/mol. The maximum absolute atomic E-state index is 10.9. The van der Waals surface area contributed by atoms with Crippen LogP contribution in [-0.2, 0) is 0 Å². The highest BCUT2D eigenvalue weighted by Gasteiger charge is 2.11. The van der Waals surface area contributed by atoms with Crippen LogP contribution >= 0.6 is 0 Å². The van der Waals surface area contributed by atoms with Crippen LogP contribution in [0.2, 0.25) is 0 Å². The van der Waals surface area contributed by atoms with Gasteiger partial charge < -0.3 is 9.84 Å². The topological polar surface area (TPSA) is 59.4 Å². The van der Waals surface area contributed by atoms with Crippen LogP contribution in [0.1, 0.15) is 35.7 Å². The zero-order valence-electron chi connectivity index (χ0n) is 11.8. The van der Waals surface area contributed by atoms with Gasteiger partial charge >= 0.3 is 5.97 Å². The van der Waals surface area contributed by atoms with Crippen molar-refractivity contribution in [2.45, 2.75) is 19.8 Å². The van der Waals surface area contributed by atoms with Gasteiger partial charge in [-0.2, -0.15) is 0 Å². The number of aromatic carboxylic acids is 1. The molecule has 1 N–H and O–H groups in total. The summed E-state index contributed by atoms with van der Waals surface area (Å²) in [6.07, 6.45) is 1.36. The molecule has 0 amide bonds. The highest BCUT2D eigenvalue weighted by Crippen LogP contribution is 2.31. The summed E-state index contributed by atoms with van der Waals surface area (Å²) in [6, 6.07) is 9.22. The van der Waals surface area contributed by atoms with Crippen molar-refractivity contribution in [1.82, 2.24) is 4.98 Å². The third-order valence-corrected chi connectivity index (χ3v) is 3.18. The molecule has 1 aromatic heterocycles. The minimum Gasteiger partial charge on any atom is -0.496 e. The van der Waals surface area contributed by atoms with Gasteiger partial charge in [-0.3, -0.25) is 4.98 Å². The molecule has 0 saturated heterocycles. The first-order chi connectivity index (χ1) is 9.52. The molecule has 0 unspecified atom stereocenters. The van der Waals surface area contributed by atoms with E-state index in [-0.39, 0.29) is 5.56 Å². The van der Waals surface area contributed by atoms with E-state index in [1.165, 1.54) is 11.8 Å². The largest absolute Gasteiger partial charge is 0.496 e. The van der Waals surface area contributed by atoms with Crippen molar-refractivity contribution in [2.24, 2.45) is 0 Å². The number of carboxylic acid groups (broad SMARTS) is 1. The molecule has 4 nitrogen and oxygen atoms in total. The van der Waals surface area contributed by atoms with Crippen molar-refractivity contribution >= 4 is 5.97 Å². The molecule has 2 aromatic rings. The van der Waals surface area contributed by atoms with Crippen LogP contribution in [0.3, 0.4) is 0 Å². The van der Waals surface area contributed by atoms with Gasteiger partial charge in [0.25, 0.3) is 0 Å². The molecular formula is C16H17NO3. The van der Waals surface area contributed by atoms with Gasteiger partial charge in [-0.25, -0.2) is 4.79 Å². The maximum Gasteiger partial charge on any atom is 0.337 e. The molecule has 0 saturated carbocycles. The molecule has 0 bridgehead atoms. The van der Waals surface area contributed by atoms with Crippen LogP contribution in [0.4, 0.5) is 0 Å². The quantitative estimate of drug-likeness (QED) is 0.923. The maximum atomic E-state index is 10.9. The molecule has 0 aliphatic carbocycles. The Hall–Kier alpha value is -2.36. The van der Waals surface area contributed by atoms with Crippen LogP contribution in [0.5, 0.6) is 5.75 Å². The average Bonchev–Trinajstić information content (AvgIpc) is 2.46. The van der Waals surface area contributed by atoms with Crippen molar-refractivity contribution in [3.05, 3.63) is 47.7 Å². The summed E-state index contributed by atoms with van der Waals surface area (Å²) in [5, 5.41) is 8.90. The van der Waals surface area contributed by atoms with Gasteiger partial charge in [0.1, 0.15) is 5.75 Å². The number of pyridine rings is 1. The summed E-state index contributed by atoms with van der Waals surface area (Å²) in [7, 11) is 1.61. The Labute approximate surface area is 118 Å². The molecule has 0 spiro atoms. The summed E-state index contributed by atoms with van der Waals surface area (Å²) in [5.74, 6) is 0.148. The lowest BCUT2D eigenvalue weighted by Gasteiger charge is -2.12. The van der Waals surface area contributed by atoms with Gasteiger partial charge in [-0.1, -0.05) is 19.9 Å². The molecule has 0 fully saturated rings. The highest BCUT2D eigenvalue weighted by molar-refractivity contribution is 5.87. The van der Waals surface area contributed by atoms with E-state index >= 15 is 0 Å². The Balaban J connectivity index is 2.49. The molecule has 104 valence electrons. The predicted octanol–water partition coefficient (Wildman–Crippen LogP) is 3.58. The van der Waals surface area contributed by atoms with Crippen LogP contribution in [0.15, 0.2) is 36.5 Å². The fourth-order valence-corrected chi connectivity index (χ4v) is 1.96. The van der Waals surface area contributed by atoms with E-state index in [9.17, 15) is 4.79 Å². The molecule has 0 radical (unpaired) electrons. The summed E-state index contributed by atoms with van der Waals surface area (Å²) < 4.78 is 5.36. The van der Waals surface area contributed by atoms with E-state index in [4.69, 9.17) is 9.84 Å². The van der Waals surface area contributed by atoms with Crippen molar-refractivity contribution in [3.8, 4) is 17.0 Å². The van der Waals surface area contributed by atoms with Crippen LogP contribution in [-0.4, -0.2) is 23.2 Å². The highest BCUT2D eigenvalue weighted by atomic mass is 16.5. The van der Waals surface area contributed by atoms with Gasteiger partial charge in [0.05, 0.1) is 18.4 Å². The van der Waals surface area contributed by atoms with Crippen LogP contribution in [0.25, 0.3) is 11.3 Å². The summed E-state index contributed by atoms with van der Waals surface area (Å²) in [5.41, 5.74) is 2.93. The second kappa shape index (κ2) is 5.74. The Morgan fingerprint density at radius 3 is 2.50 bits per heavy atom. The van der Waals surface area contributed by atoms with E-state index in [0.717, 1.165) is 11.3 Å². The van der Waals surface area contributed by atoms with Crippen LogP contribution < -0.4 is 4.74 Å². The first-order valence-corrected chi connectivity index (χ1v) is 6.40. The van der Waals surface area contributed by atoms with Gasteiger partial charge in [0, 0.05) is 11.8 Å². The Morgan fingerprint density at radius 1 is 1.25 bits per heavy atom. The van der Waals surface area contributed by atoms with E-state index in [0.29, 0.717) is 11.6 Å². The number of methoxy groups -OCH3 is 1. The van der Waals surface area contributed by atoms with E-state index in [2.05, 4.69) is 18.8 Å². The molecule has 1 heterocycles. The van der Waals surface area contributed by atoms with Gasteiger partial charge in [0.15, 0.2) is 0 Å². The number of rotatable bonds is 4. The zero-order valence-corrected chi connectivity index (χ0v) is 11.8. The Morgan fingerprint density at radius 2 is 2.00 bits per heavy atom. The van der Waals surface area contributed by atoms with E-state index in [1.54, 1.807) is 19.2 Å². The Kier molecular flexibility index (Phi) is 4.03. The van der Waals surface area contributed by atoms with Gasteiger partial charge in [-0.15, -0.1) is 0 Å². The first kappa shape index (κ1) is 14.1. The molecule has 0 aliphatic heterocycles. The standard InChI is InChI=1S/C16H17NO3/c1-10(2)11-5-7-15(20-3)13(8-11)14-6-4-12(9-17-14)16(18)19/h4-10H,1-3H3,(H,18,19). The van der Waals surface area contributed by atoms with Crippen LogP contribution in [0, 0.1) is 0 Å². The third kappa shape index (κ3) is 2.79. The average molecular weight is 271 g/mol. The number of ether oxygens (including phenoxy) is 1. The summed E-state index contributed by atoms with van der Waals surface area (Å²) >= 11 is 0. The fourth-order valence-electron chi connectivity index (χ4n) is 1.96. The molecule has 1 aromatic carbocycles. The van der Waals surface area contributed by atoms with Gasteiger partial charge in [0.2, 0.25) is 0 Å². The first-order valence-electron chi connectivity index (χ1n) is 6.40. The predicted molar refractivity (Wildman–Crippen MR) is 77.3 cm³/mol. The Bertz CT molecular complexity index is 618.